The largest absolute Gasteiger partial charge is 0.252 e. The van der Waals surface area contributed by atoms with Crippen molar-refractivity contribution in [3.05, 3.63) is 17.0 Å². The lowest BCUT2D eigenvalue weighted by molar-refractivity contribution is 0.412. The first-order chi connectivity index (χ1) is 7.39. The Labute approximate surface area is 106 Å². The van der Waals surface area contributed by atoms with Gasteiger partial charge in [0, 0.05) is 23.8 Å². The second-order valence-corrected chi connectivity index (χ2v) is 7.55. The van der Waals surface area contributed by atoms with Gasteiger partial charge in [0.05, 0.1) is 0 Å². The molecule has 0 bridgehead atoms. The number of aryl methyl sites for hydroxylation is 1. The molecule has 0 aliphatic rings. The standard InChI is InChI=1S/C10H16ClNO2S2/c1-8(2)12(3)16(13,14)10-5-4-9(15-10)6-7-11/h4-5,8H,6-7H2,1-3H3. The van der Waals surface area contributed by atoms with E-state index in [1.165, 1.54) is 15.6 Å². The van der Waals surface area contributed by atoms with Gasteiger partial charge < -0.3 is 0 Å². The van der Waals surface area contributed by atoms with E-state index in [0.717, 1.165) is 4.88 Å². The van der Waals surface area contributed by atoms with Gasteiger partial charge in [0.2, 0.25) is 0 Å². The summed E-state index contributed by atoms with van der Waals surface area (Å²) in [6.07, 6.45) is 0.715. The van der Waals surface area contributed by atoms with Crippen LogP contribution in [0.2, 0.25) is 0 Å². The van der Waals surface area contributed by atoms with E-state index in [1.807, 2.05) is 19.9 Å². The van der Waals surface area contributed by atoms with Crippen LogP contribution in [0.25, 0.3) is 0 Å². The van der Waals surface area contributed by atoms with Crippen molar-refractivity contribution in [2.45, 2.75) is 30.5 Å². The van der Waals surface area contributed by atoms with Gasteiger partial charge in [0.15, 0.2) is 0 Å². The highest BCUT2D eigenvalue weighted by Gasteiger charge is 2.24. The van der Waals surface area contributed by atoms with E-state index in [9.17, 15) is 8.42 Å². The van der Waals surface area contributed by atoms with E-state index < -0.39 is 10.0 Å². The van der Waals surface area contributed by atoms with Crippen molar-refractivity contribution in [2.75, 3.05) is 12.9 Å². The number of hydrogen-bond acceptors (Lipinski definition) is 3. The minimum atomic E-state index is -3.33. The fourth-order valence-electron chi connectivity index (χ4n) is 1.14. The number of nitrogens with zero attached hydrogens (tertiary/aromatic N) is 1. The minimum Gasteiger partial charge on any atom is -0.206 e. The Hall–Kier alpha value is -0.100. The summed E-state index contributed by atoms with van der Waals surface area (Å²) in [5.74, 6) is 0.514. The first kappa shape index (κ1) is 14.0. The lowest BCUT2D eigenvalue weighted by Gasteiger charge is -2.19. The van der Waals surface area contributed by atoms with Crippen LogP contribution < -0.4 is 0 Å². The molecule has 0 aliphatic carbocycles. The summed E-state index contributed by atoms with van der Waals surface area (Å²) in [5, 5.41) is 0. The molecule has 0 saturated carbocycles. The molecule has 1 rings (SSSR count). The normalized spacial score (nSPS) is 12.6. The third-order valence-corrected chi connectivity index (χ3v) is 6.17. The average molecular weight is 282 g/mol. The number of alkyl halides is 1. The molecule has 0 radical (unpaired) electrons. The smallest absolute Gasteiger partial charge is 0.206 e. The molecule has 1 aromatic rings. The van der Waals surface area contributed by atoms with Crippen molar-refractivity contribution in [1.82, 2.24) is 4.31 Å². The molecule has 0 atom stereocenters. The number of rotatable bonds is 5. The number of sulfonamides is 1. The summed E-state index contributed by atoms with van der Waals surface area (Å²) in [7, 11) is -1.73. The Morgan fingerprint density at radius 3 is 2.56 bits per heavy atom. The topological polar surface area (TPSA) is 37.4 Å². The van der Waals surface area contributed by atoms with E-state index in [2.05, 4.69) is 0 Å². The lowest BCUT2D eigenvalue weighted by Crippen LogP contribution is -2.32. The molecule has 16 heavy (non-hydrogen) atoms. The summed E-state index contributed by atoms with van der Waals surface area (Å²) in [6, 6.07) is 3.44. The predicted octanol–water partition coefficient (Wildman–Crippen LogP) is 2.56. The average Bonchev–Trinajstić information content (AvgIpc) is 2.66. The maximum absolute atomic E-state index is 12.1. The second-order valence-electron chi connectivity index (χ2n) is 3.77. The van der Waals surface area contributed by atoms with Gasteiger partial charge in [-0.15, -0.1) is 22.9 Å². The molecule has 0 saturated heterocycles. The van der Waals surface area contributed by atoms with Crippen molar-refractivity contribution in [3.63, 3.8) is 0 Å². The van der Waals surface area contributed by atoms with Crippen LogP contribution in [0.3, 0.4) is 0 Å². The van der Waals surface area contributed by atoms with E-state index in [0.29, 0.717) is 16.5 Å². The van der Waals surface area contributed by atoms with Crippen LogP contribution in [-0.4, -0.2) is 31.7 Å². The Morgan fingerprint density at radius 1 is 1.44 bits per heavy atom. The van der Waals surface area contributed by atoms with Crippen molar-refractivity contribution in [3.8, 4) is 0 Å². The van der Waals surface area contributed by atoms with Crippen LogP contribution in [0, 0.1) is 0 Å². The van der Waals surface area contributed by atoms with Gasteiger partial charge >= 0.3 is 0 Å². The maximum atomic E-state index is 12.1. The quantitative estimate of drug-likeness (QED) is 0.778. The van der Waals surface area contributed by atoms with E-state index in [1.54, 1.807) is 13.1 Å². The Balaban J connectivity index is 2.98. The summed E-state index contributed by atoms with van der Waals surface area (Å²) in [5.41, 5.74) is 0. The van der Waals surface area contributed by atoms with Crippen LogP contribution in [0.15, 0.2) is 16.3 Å². The highest BCUT2D eigenvalue weighted by Crippen LogP contribution is 2.25. The van der Waals surface area contributed by atoms with Crippen LogP contribution >= 0.6 is 22.9 Å². The Bertz CT molecular complexity index is 439. The van der Waals surface area contributed by atoms with E-state index in [4.69, 9.17) is 11.6 Å². The first-order valence-corrected chi connectivity index (χ1v) is 7.81. The first-order valence-electron chi connectivity index (χ1n) is 5.02. The molecule has 1 aromatic heterocycles. The van der Waals surface area contributed by atoms with Crippen molar-refractivity contribution < 1.29 is 8.42 Å². The molecule has 0 fully saturated rings. The number of thiophene rings is 1. The van der Waals surface area contributed by atoms with E-state index in [-0.39, 0.29) is 6.04 Å². The van der Waals surface area contributed by atoms with Gasteiger partial charge in [-0.2, -0.15) is 4.31 Å². The minimum absolute atomic E-state index is 0.0384. The predicted molar refractivity (Wildman–Crippen MR) is 68.8 cm³/mol. The fraction of sp³-hybridized carbons (Fsp3) is 0.600. The molecule has 0 unspecified atom stereocenters. The highest BCUT2D eigenvalue weighted by molar-refractivity contribution is 7.91. The molecular formula is C10H16ClNO2S2. The zero-order valence-corrected chi connectivity index (χ0v) is 12.0. The van der Waals surface area contributed by atoms with E-state index >= 15 is 0 Å². The van der Waals surface area contributed by atoms with Gasteiger partial charge in [0.25, 0.3) is 10.0 Å². The Morgan fingerprint density at radius 2 is 2.06 bits per heavy atom. The molecular weight excluding hydrogens is 266 g/mol. The summed E-state index contributed by atoms with van der Waals surface area (Å²) < 4.78 is 26.0. The van der Waals surface area contributed by atoms with Gasteiger partial charge in [-0.05, 0) is 32.4 Å². The summed E-state index contributed by atoms with van der Waals surface area (Å²) >= 11 is 6.92. The van der Waals surface area contributed by atoms with Crippen molar-refractivity contribution >= 4 is 33.0 Å². The van der Waals surface area contributed by atoms with Crippen LogP contribution in [0.5, 0.6) is 0 Å². The molecule has 0 amide bonds. The highest BCUT2D eigenvalue weighted by atomic mass is 35.5. The molecule has 0 spiro atoms. The number of halogens is 1. The second kappa shape index (κ2) is 5.49. The molecule has 0 aliphatic heterocycles. The third-order valence-electron chi connectivity index (χ3n) is 2.34. The SMILES string of the molecule is CC(C)N(C)S(=O)(=O)c1ccc(CCCl)s1. The summed E-state index contributed by atoms with van der Waals surface area (Å²) in [4.78, 5) is 1.01. The van der Waals surface area contributed by atoms with Crippen molar-refractivity contribution in [2.24, 2.45) is 0 Å². The molecule has 3 nitrogen and oxygen atoms in total. The molecule has 92 valence electrons. The van der Waals surface area contributed by atoms with Crippen molar-refractivity contribution in [1.29, 1.82) is 0 Å². The summed E-state index contributed by atoms with van der Waals surface area (Å²) in [6.45, 7) is 3.70. The zero-order valence-electron chi connectivity index (χ0n) is 9.60. The molecule has 0 N–H and O–H groups in total. The van der Waals surface area contributed by atoms with Gasteiger partial charge in [0.1, 0.15) is 4.21 Å². The monoisotopic (exact) mass is 281 g/mol. The lowest BCUT2D eigenvalue weighted by atomic mass is 10.4. The van der Waals surface area contributed by atoms with Crippen LogP contribution in [0.1, 0.15) is 18.7 Å². The van der Waals surface area contributed by atoms with Gasteiger partial charge in [-0.25, -0.2) is 8.42 Å². The zero-order chi connectivity index (χ0) is 12.3. The van der Waals surface area contributed by atoms with Gasteiger partial charge in [-0.1, -0.05) is 0 Å². The molecule has 0 aromatic carbocycles. The van der Waals surface area contributed by atoms with Crippen LogP contribution in [-0.2, 0) is 16.4 Å². The van der Waals surface area contributed by atoms with Crippen LogP contribution in [0.4, 0.5) is 0 Å². The number of hydrogen-bond donors (Lipinski definition) is 0. The van der Waals surface area contributed by atoms with Gasteiger partial charge in [-0.3, -0.25) is 0 Å². The molecule has 1 heterocycles. The third kappa shape index (κ3) is 2.97. The molecule has 6 heteroatoms. The maximum Gasteiger partial charge on any atom is 0.252 e. The fourth-order valence-corrected chi connectivity index (χ4v) is 4.37. The Kier molecular flexibility index (Phi) is 4.79.